The number of thioether (sulfide) groups is 1. The summed E-state index contributed by atoms with van der Waals surface area (Å²) in [6.07, 6.45) is 0.849. The Bertz CT molecular complexity index is 1080. The van der Waals surface area contributed by atoms with Crippen LogP contribution in [0.1, 0.15) is 19.8 Å². The average Bonchev–Trinajstić information content (AvgIpc) is 2.81. The first kappa shape index (κ1) is 25.1. The quantitative estimate of drug-likeness (QED) is 0.590. The van der Waals surface area contributed by atoms with Gasteiger partial charge in [-0.1, -0.05) is 12.1 Å². The van der Waals surface area contributed by atoms with Gasteiger partial charge in [-0.25, -0.2) is 8.42 Å². The molecule has 0 atom stereocenters. The Morgan fingerprint density at radius 2 is 1.73 bits per heavy atom. The average molecular weight is 492 g/mol. The van der Waals surface area contributed by atoms with Crippen LogP contribution in [0.2, 0.25) is 0 Å². The van der Waals surface area contributed by atoms with E-state index >= 15 is 0 Å². The molecule has 3 rings (SSSR count). The summed E-state index contributed by atoms with van der Waals surface area (Å²) in [6, 6.07) is 13.5. The molecule has 10 heteroatoms. The summed E-state index contributed by atoms with van der Waals surface area (Å²) in [5, 5.41) is 2.78. The van der Waals surface area contributed by atoms with Crippen molar-refractivity contribution < 1.29 is 22.7 Å². The van der Waals surface area contributed by atoms with Crippen LogP contribution >= 0.6 is 11.8 Å². The standard InChI is InChI=1S/C23H29N3O5S2/c1-4-31-18-9-11-19(12-10-18)33(29,30)26-15-13-17(14-16-26)22(27)24-20-7-5-6-8-21(20)32-23(28)25(2)3/h5-12,17H,4,13-16H2,1-3H3,(H,24,27). The zero-order chi connectivity index (χ0) is 24.0. The number of piperidine rings is 1. The molecule has 0 unspecified atom stereocenters. The maximum Gasteiger partial charge on any atom is 0.286 e. The molecule has 1 N–H and O–H groups in total. The summed E-state index contributed by atoms with van der Waals surface area (Å²) >= 11 is 1.05. The van der Waals surface area contributed by atoms with E-state index < -0.39 is 10.0 Å². The maximum absolute atomic E-state index is 13.0. The van der Waals surface area contributed by atoms with Gasteiger partial charge in [-0.15, -0.1) is 0 Å². The molecule has 33 heavy (non-hydrogen) atoms. The van der Waals surface area contributed by atoms with E-state index in [1.54, 1.807) is 56.6 Å². The van der Waals surface area contributed by atoms with Gasteiger partial charge >= 0.3 is 0 Å². The number of anilines is 1. The SMILES string of the molecule is CCOc1ccc(S(=O)(=O)N2CCC(C(=O)Nc3ccccc3SC(=O)N(C)C)CC2)cc1. The molecule has 1 fully saturated rings. The molecule has 0 aromatic heterocycles. The van der Waals surface area contributed by atoms with E-state index in [1.807, 2.05) is 13.0 Å². The summed E-state index contributed by atoms with van der Waals surface area (Å²) in [5.74, 6) is 0.149. The van der Waals surface area contributed by atoms with Gasteiger partial charge in [-0.2, -0.15) is 4.31 Å². The van der Waals surface area contributed by atoms with Crippen molar-refractivity contribution in [1.82, 2.24) is 9.21 Å². The molecule has 2 aromatic carbocycles. The lowest BCUT2D eigenvalue weighted by molar-refractivity contribution is -0.120. The van der Waals surface area contributed by atoms with Crippen molar-refractivity contribution in [3.63, 3.8) is 0 Å². The number of hydrogen-bond donors (Lipinski definition) is 1. The minimum Gasteiger partial charge on any atom is -0.494 e. The first-order chi connectivity index (χ1) is 15.7. The molecule has 178 valence electrons. The number of amides is 2. The normalized spacial score (nSPS) is 15.1. The zero-order valence-corrected chi connectivity index (χ0v) is 20.6. The number of ether oxygens (including phenoxy) is 1. The van der Waals surface area contributed by atoms with Crippen molar-refractivity contribution in [1.29, 1.82) is 0 Å². The van der Waals surface area contributed by atoms with E-state index in [0.717, 1.165) is 11.8 Å². The van der Waals surface area contributed by atoms with Crippen LogP contribution in [0.15, 0.2) is 58.3 Å². The number of nitrogens with zero attached hydrogens (tertiary/aromatic N) is 2. The predicted octanol–water partition coefficient (Wildman–Crippen LogP) is 3.90. The fourth-order valence-electron chi connectivity index (χ4n) is 3.46. The highest BCUT2D eigenvalue weighted by Crippen LogP contribution is 2.30. The number of sulfonamides is 1. The van der Waals surface area contributed by atoms with Crippen LogP contribution in [-0.4, -0.2) is 62.6 Å². The predicted molar refractivity (Wildman–Crippen MR) is 129 cm³/mol. The molecule has 0 spiro atoms. The third-order valence-electron chi connectivity index (χ3n) is 5.30. The van der Waals surface area contributed by atoms with E-state index in [9.17, 15) is 18.0 Å². The Morgan fingerprint density at radius 1 is 1.09 bits per heavy atom. The van der Waals surface area contributed by atoms with E-state index in [4.69, 9.17) is 4.74 Å². The molecule has 0 aliphatic carbocycles. The highest BCUT2D eigenvalue weighted by atomic mass is 32.2. The molecule has 1 aliphatic heterocycles. The molecule has 1 heterocycles. The van der Waals surface area contributed by atoms with Crippen molar-refractivity contribution >= 4 is 38.6 Å². The lowest BCUT2D eigenvalue weighted by atomic mass is 9.97. The first-order valence-corrected chi connectivity index (χ1v) is 13.0. The minimum absolute atomic E-state index is 0.135. The fraction of sp³-hybridized carbons (Fsp3) is 0.391. The lowest BCUT2D eigenvalue weighted by Gasteiger charge is -2.30. The van der Waals surface area contributed by atoms with Crippen LogP contribution in [0, 0.1) is 5.92 Å². The van der Waals surface area contributed by atoms with E-state index in [-0.39, 0.29) is 35.0 Å². The summed E-state index contributed by atoms with van der Waals surface area (Å²) in [6.45, 7) is 2.91. The second kappa shape index (κ2) is 11.0. The highest BCUT2D eigenvalue weighted by molar-refractivity contribution is 8.13. The molecule has 8 nitrogen and oxygen atoms in total. The lowest BCUT2D eigenvalue weighted by Crippen LogP contribution is -2.41. The number of para-hydroxylation sites is 1. The first-order valence-electron chi connectivity index (χ1n) is 10.7. The molecule has 2 amide bonds. The number of carbonyl (C=O) groups excluding carboxylic acids is 2. The van der Waals surface area contributed by atoms with Gasteiger partial charge in [-0.3, -0.25) is 9.59 Å². The van der Waals surface area contributed by atoms with Gasteiger partial charge in [0.25, 0.3) is 5.24 Å². The number of nitrogens with one attached hydrogen (secondary N) is 1. The summed E-state index contributed by atoms with van der Waals surface area (Å²) < 4.78 is 32.7. The van der Waals surface area contributed by atoms with Gasteiger partial charge in [0.2, 0.25) is 15.9 Å². The van der Waals surface area contributed by atoms with Gasteiger partial charge in [0, 0.05) is 38.0 Å². The van der Waals surface area contributed by atoms with Crippen molar-refractivity contribution in [3.05, 3.63) is 48.5 Å². The molecule has 2 aromatic rings. The Kier molecular flexibility index (Phi) is 8.39. The smallest absolute Gasteiger partial charge is 0.286 e. The summed E-state index contributed by atoms with van der Waals surface area (Å²) in [5.41, 5.74) is 0.576. The number of carbonyl (C=O) groups is 2. The van der Waals surface area contributed by atoms with Gasteiger partial charge in [0.1, 0.15) is 5.75 Å². The Balaban J connectivity index is 1.61. The van der Waals surface area contributed by atoms with E-state index in [2.05, 4.69) is 5.32 Å². The Morgan fingerprint density at radius 3 is 2.33 bits per heavy atom. The van der Waals surface area contributed by atoms with Gasteiger partial charge in [0.05, 0.1) is 17.2 Å². The van der Waals surface area contributed by atoms with E-state index in [0.29, 0.717) is 35.8 Å². The van der Waals surface area contributed by atoms with Crippen LogP contribution in [0.5, 0.6) is 5.75 Å². The van der Waals surface area contributed by atoms with Crippen molar-refractivity contribution in [2.75, 3.05) is 39.1 Å². The molecule has 0 radical (unpaired) electrons. The molecule has 0 bridgehead atoms. The summed E-state index contributed by atoms with van der Waals surface area (Å²) in [4.78, 5) is 27.3. The highest BCUT2D eigenvalue weighted by Gasteiger charge is 2.32. The molecular weight excluding hydrogens is 462 g/mol. The molecule has 1 saturated heterocycles. The van der Waals surface area contributed by atoms with Crippen LogP contribution in [0.25, 0.3) is 0 Å². The second-order valence-electron chi connectivity index (χ2n) is 7.83. The third-order valence-corrected chi connectivity index (χ3v) is 8.33. The van der Waals surface area contributed by atoms with Crippen LogP contribution in [0.4, 0.5) is 10.5 Å². The summed E-state index contributed by atoms with van der Waals surface area (Å²) in [7, 11) is -0.285. The molecular formula is C23H29N3O5S2. The van der Waals surface area contributed by atoms with E-state index in [1.165, 1.54) is 9.21 Å². The zero-order valence-electron chi connectivity index (χ0n) is 19.0. The van der Waals surface area contributed by atoms with Gasteiger partial charge < -0.3 is 15.0 Å². The monoisotopic (exact) mass is 491 g/mol. The topological polar surface area (TPSA) is 96.0 Å². The molecule has 0 saturated carbocycles. The van der Waals surface area contributed by atoms with Crippen LogP contribution in [0.3, 0.4) is 0 Å². The van der Waals surface area contributed by atoms with Crippen molar-refractivity contribution in [3.8, 4) is 5.75 Å². The minimum atomic E-state index is -3.63. The Hall–Kier alpha value is -2.56. The second-order valence-corrected chi connectivity index (χ2v) is 10.8. The van der Waals surface area contributed by atoms with Crippen LogP contribution < -0.4 is 10.1 Å². The third kappa shape index (κ3) is 6.27. The van der Waals surface area contributed by atoms with Gasteiger partial charge in [0.15, 0.2) is 0 Å². The van der Waals surface area contributed by atoms with Crippen LogP contribution in [-0.2, 0) is 14.8 Å². The van der Waals surface area contributed by atoms with Crippen molar-refractivity contribution in [2.24, 2.45) is 5.92 Å². The number of rotatable bonds is 7. The Labute approximate surface area is 199 Å². The maximum atomic E-state index is 13.0. The number of benzene rings is 2. The van der Waals surface area contributed by atoms with Crippen molar-refractivity contribution in [2.45, 2.75) is 29.6 Å². The van der Waals surface area contributed by atoms with Gasteiger partial charge in [-0.05, 0) is 67.9 Å². The fourth-order valence-corrected chi connectivity index (χ4v) is 5.68. The largest absolute Gasteiger partial charge is 0.494 e. The molecule has 1 aliphatic rings. The number of hydrogen-bond acceptors (Lipinski definition) is 6.